The van der Waals surface area contributed by atoms with Crippen molar-refractivity contribution in [2.24, 2.45) is 5.92 Å². The molecule has 0 bridgehead atoms. The molecule has 0 aliphatic carbocycles. The Labute approximate surface area is 105 Å². The highest BCUT2D eigenvalue weighted by Crippen LogP contribution is 2.34. The maximum absolute atomic E-state index is 10.7. The molecule has 0 aromatic rings. The lowest BCUT2D eigenvalue weighted by molar-refractivity contribution is -0.255. The first-order chi connectivity index (χ1) is 8.20. The molecule has 18 heavy (non-hydrogen) atoms. The largest absolute Gasteiger partial charge is 0.479 e. The number of ether oxygens (including phenoxy) is 1. The molecule has 1 saturated heterocycles. The summed E-state index contributed by atoms with van der Waals surface area (Å²) in [5.74, 6) is -1.65. The van der Waals surface area contributed by atoms with Crippen LogP contribution in [0.1, 0.15) is 20.3 Å². The smallest absolute Gasteiger partial charge is 0.335 e. The third-order valence-corrected chi connectivity index (χ3v) is 3.36. The lowest BCUT2D eigenvalue weighted by atomic mass is 9.81. The van der Waals surface area contributed by atoms with Crippen LogP contribution in [0.5, 0.6) is 0 Å². The summed E-state index contributed by atoms with van der Waals surface area (Å²) in [4.78, 5) is 10.7. The van der Waals surface area contributed by atoms with E-state index in [4.69, 9.17) is 14.9 Å². The molecule has 0 aromatic heterocycles. The first-order valence-corrected chi connectivity index (χ1v) is 5.79. The van der Waals surface area contributed by atoms with E-state index >= 15 is 0 Å². The summed E-state index contributed by atoms with van der Waals surface area (Å²) in [5.41, 5.74) is -2.02. The predicted octanol–water partition coefficient (Wildman–Crippen LogP) is -1.67. The average Bonchev–Trinajstić information content (AvgIpc) is 2.25. The standard InChI is InChI=1S/C11H20O7/c1-5-8(18-9(5)7(14)4-12)6(13)3-11(2,17)10(15)16/h5-9,12-14,17H,3-4H2,1-2H3,(H,15,16)/t5?,6?,7-,8?,9+,11?/m1/s1. The Balaban J connectivity index is 2.51. The van der Waals surface area contributed by atoms with Gasteiger partial charge >= 0.3 is 5.97 Å². The number of carboxylic acid groups (broad SMARTS) is 1. The summed E-state index contributed by atoms with van der Waals surface area (Å²) in [7, 11) is 0. The summed E-state index contributed by atoms with van der Waals surface area (Å²) in [5, 5.41) is 46.2. The Hall–Kier alpha value is -0.730. The molecule has 1 aliphatic heterocycles. The van der Waals surface area contributed by atoms with Gasteiger partial charge in [-0.1, -0.05) is 6.92 Å². The highest BCUT2D eigenvalue weighted by atomic mass is 16.5. The van der Waals surface area contributed by atoms with Crippen molar-refractivity contribution in [3.8, 4) is 0 Å². The number of carbonyl (C=O) groups is 1. The molecule has 1 rings (SSSR count). The Kier molecular flexibility index (Phi) is 4.68. The highest BCUT2D eigenvalue weighted by molar-refractivity contribution is 5.76. The zero-order valence-electron chi connectivity index (χ0n) is 10.4. The Bertz CT molecular complexity index is 304. The number of hydrogen-bond acceptors (Lipinski definition) is 6. The molecule has 7 nitrogen and oxygen atoms in total. The molecule has 6 atom stereocenters. The molecule has 0 saturated carbocycles. The van der Waals surface area contributed by atoms with Gasteiger partial charge < -0.3 is 30.3 Å². The fourth-order valence-electron chi connectivity index (χ4n) is 2.12. The molecule has 0 aromatic carbocycles. The number of hydrogen-bond donors (Lipinski definition) is 5. The van der Waals surface area contributed by atoms with Gasteiger partial charge in [-0.15, -0.1) is 0 Å². The van der Waals surface area contributed by atoms with Gasteiger partial charge in [0.2, 0.25) is 0 Å². The number of aliphatic carboxylic acids is 1. The molecule has 4 unspecified atom stereocenters. The summed E-state index contributed by atoms with van der Waals surface area (Å²) < 4.78 is 5.23. The van der Waals surface area contributed by atoms with Crippen LogP contribution in [0.3, 0.4) is 0 Å². The fraction of sp³-hybridized carbons (Fsp3) is 0.909. The molecular weight excluding hydrogens is 244 g/mol. The van der Waals surface area contributed by atoms with Crippen molar-refractivity contribution in [2.45, 2.75) is 50.3 Å². The molecule has 0 amide bonds. The van der Waals surface area contributed by atoms with Gasteiger partial charge in [0.15, 0.2) is 5.60 Å². The van der Waals surface area contributed by atoms with Crippen LogP contribution in [0.4, 0.5) is 0 Å². The number of carboxylic acids is 1. The minimum atomic E-state index is -2.02. The van der Waals surface area contributed by atoms with Crippen molar-refractivity contribution < 1.29 is 35.1 Å². The SMILES string of the molecule is CC1C(C(O)CC(C)(O)C(=O)O)O[C@@H]1[C@H](O)CO. The van der Waals surface area contributed by atoms with E-state index < -0.39 is 42.6 Å². The van der Waals surface area contributed by atoms with Crippen LogP contribution in [0, 0.1) is 5.92 Å². The Morgan fingerprint density at radius 3 is 2.22 bits per heavy atom. The van der Waals surface area contributed by atoms with Crippen molar-refractivity contribution in [3.63, 3.8) is 0 Å². The van der Waals surface area contributed by atoms with Gasteiger partial charge in [-0.3, -0.25) is 0 Å². The second-order valence-corrected chi connectivity index (χ2v) is 5.02. The van der Waals surface area contributed by atoms with Crippen LogP contribution in [0.25, 0.3) is 0 Å². The third-order valence-electron chi connectivity index (χ3n) is 3.36. The third kappa shape index (κ3) is 2.99. The van der Waals surface area contributed by atoms with E-state index in [1.165, 1.54) is 0 Å². The van der Waals surface area contributed by atoms with E-state index in [0.717, 1.165) is 6.92 Å². The summed E-state index contributed by atoms with van der Waals surface area (Å²) in [6.45, 7) is 2.38. The molecular formula is C11H20O7. The Morgan fingerprint density at radius 2 is 1.83 bits per heavy atom. The summed E-state index contributed by atoms with van der Waals surface area (Å²) in [6.07, 6.45) is -3.76. The van der Waals surface area contributed by atoms with Crippen molar-refractivity contribution in [2.75, 3.05) is 6.61 Å². The molecule has 7 heteroatoms. The quantitative estimate of drug-likeness (QED) is 0.388. The zero-order chi connectivity index (χ0) is 14.1. The topological polar surface area (TPSA) is 127 Å². The first kappa shape index (κ1) is 15.3. The van der Waals surface area contributed by atoms with Gasteiger partial charge in [0.1, 0.15) is 6.10 Å². The second-order valence-electron chi connectivity index (χ2n) is 5.02. The maximum Gasteiger partial charge on any atom is 0.335 e. The van der Waals surface area contributed by atoms with Crippen LogP contribution in [0.15, 0.2) is 0 Å². The van der Waals surface area contributed by atoms with Crippen molar-refractivity contribution in [1.29, 1.82) is 0 Å². The molecule has 1 heterocycles. The van der Waals surface area contributed by atoms with Crippen LogP contribution in [-0.4, -0.2) is 68.1 Å². The van der Waals surface area contributed by atoms with Gasteiger partial charge in [0.25, 0.3) is 0 Å². The summed E-state index contributed by atoms with van der Waals surface area (Å²) in [6, 6.07) is 0. The summed E-state index contributed by atoms with van der Waals surface area (Å²) >= 11 is 0. The van der Waals surface area contributed by atoms with E-state index in [1.54, 1.807) is 6.92 Å². The molecule has 1 aliphatic rings. The van der Waals surface area contributed by atoms with Crippen molar-refractivity contribution >= 4 is 5.97 Å². The normalized spacial score (nSPS) is 34.2. The van der Waals surface area contributed by atoms with Gasteiger partial charge in [0, 0.05) is 12.3 Å². The minimum Gasteiger partial charge on any atom is -0.479 e. The molecule has 106 valence electrons. The molecule has 0 spiro atoms. The van der Waals surface area contributed by atoms with E-state index in [2.05, 4.69) is 0 Å². The average molecular weight is 264 g/mol. The minimum absolute atomic E-state index is 0.230. The lowest BCUT2D eigenvalue weighted by Gasteiger charge is -2.47. The number of rotatable bonds is 6. The maximum atomic E-state index is 10.7. The van der Waals surface area contributed by atoms with Crippen LogP contribution in [-0.2, 0) is 9.53 Å². The van der Waals surface area contributed by atoms with E-state index in [0.29, 0.717) is 0 Å². The molecule has 5 N–H and O–H groups in total. The highest BCUT2D eigenvalue weighted by Gasteiger charge is 2.48. The van der Waals surface area contributed by atoms with E-state index in [9.17, 15) is 20.1 Å². The van der Waals surface area contributed by atoms with Crippen LogP contribution in [0.2, 0.25) is 0 Å². The number of aliphatic hydroxyl groups excluding tert-OH is 3. The van der Waals surface area contributed by atoms with Crippen molar-refractivity contribution in [1.82, 2.24) is 0 Å². The monoisotopic (exact) mass is 264 g/mol. The van der Waals surface area contributed by atoms with Crippen molar-refractivity contribution in [3.05, 3.63) is 0 Å². The van der Waals surface area contributed by atoms with Gasteiger partial charge in [-0.25, -0.2) is 4.79 Å². The fourth-order valence-corrected chi connectivity index (χ4v) is 2.12. The van der Waals surface area contributed by atoms with E-state index in [-0.39, 0.29) is 12.3 Å². The van der Waals surface area contributed by atoms with Gasteiger partial charge in [-0.2, -0.15) is 0 Å². The van der Waals surface area contributed by atoms with Crippen LogP contribution >= 0.6 is 0 Å². The lowest BCUT2D eigenvalue weighted by Crippen LogP contribution is -2.60. The first-order valence-electron chi connectivity index (χ1n) is 5.79. The predicted molar refractivity (Wildman–Crippen MR) is 59.8 cm³/mol. The second kappa shape index (κ2) is 5.50. The number of aliphatic hydroxyl groups is 4. The molecule has 0 radical (unpaired) electrons. The van der Waals surface area contributed by atoms with E-state index in [1.807, 2.05) is 0 Å². The van der Waals surface area contributed by atoms with Gasteiger partial charge in [0.05, 0.1) is 24.9 Å². The molecule has 1 fully saturated rings. The Morgan fingerprint density at radius 1 is 1.33 bits per heavy atom. The van der Waals surface area contributed by atoms with Gasteiger partial charge in [-0.05, 0) is 6.92 Å². The zero-order valence-corrected chi connectivity index (χ0v) is 10.4. The van der Waals surface area contributed by atoms with Crippen LogP contribution < -0.4 is 0 Å².